The maximum atomic E-state index is 12.5. The van der Waals surface area contributed by atoms with Gasteiger partial charge in [-0.05, 0) is 64.1 Å². The van der Waals surface area contributed by atoms with Gasteiger partial charge >= 0.3 is 0 Å². The van der Waals surface area contributed by atoms with Gasteiger partial charge in [0.15, 0.2) is 5.82 Å². The van der Waals surface area contributed by atoms with Crippen molar-refractivity contribution in [3.05, 3.63) is 65.3 Å². The van der Waals surface area contributed by atoms with Crippen molar-refractivity contribution in [2.24, 2.45) is 0 Å². The molecule has 2 N–H and O–H groups in total. The smallest absolute Gasteiger partial charge is 0.264 e. The maximum absolute atomic E-state index is 12.5. The van der Waals surface area contributed by atoms with Crippen LogP contribution in [-0.2, 0) is 10.0 Å². The highest BCUT2D eigenvalue weighted by Crippen LogP contribution is 2.24. The van der Waals surface area contributed by atoms with Crippen LogP contribution in [0.1, 0.15) is 36.9 Å². The summed E-state index contributed by atoms with van der Waals surface area (Å²) in [5, 5.41) is 3.56. The quantitative estimate of drug-likeness (QED) is 0.461. The molecule has 0 aliphatic heterocycles. The Balaban J connectivity index is 1.32. The monoisotopic (exact) mass is 513 g/mol. The molecule has 35 heavy (non-hydrogen) atoms. The molecule has 0 amide bonds. The van der Waals surface area contributed by atoms with Gasteiger partial charge in [0, 0.05) is 30.0 Å². The molecule has 1 aliphatic carbocycles. The van der Waals surface area contributed by atoms with E-state index in [1.807, 2.05) is 6.08 Å². The van der Waals surface area contributed by atoms with Gasteiger partial charge in [0.2, 0.25) is 5.95 Å². The Labute approximate surface area is 210 Å². The van der Waals surface area contributed by atoms with Crippen molar-refractivity contribution in [1.29, 1.82) is 0 Å². The lowest BCUT2D eigenvalue weighted by Gasteiger charge is -2.32. The van der Waals surface area contributed by atoms with Crippen molar-refractivity contribution in [3.8, 4) is 0 Å². The first-order valence-corrected chi connectivity index (χ1v) is 13.2. The fraction of sp³-hybridized carbons (Fsp3) is 0.333. The van der Waals surface area contributed by atoms with E-state index in [-0.39, 0.29) is 15.7 Å². The van der Waals surface area contributed by atoms with Gasteiger partial charge < -0.3 is 10.2 Å². The second-order valence-corrected chi connectivity index (χ2v) is 10.7. The molecular weight excluding hydrogens is 486 g/mol. The molecule has 1 fully saturated rings. The predicted octanol–water partition coefficient (Wildman–Crippen LogP) is 4.18. The number of sulfonamides is 1. The van der Waals surface area contributed by atoms with Crippen molar-refractivity contribution in [1.82, 2.24) is 24.8 Å². The fourth-order valence-electron chi connectivity index (χ4n) is 3.93. The van der Waals surface area contributed by atoms with Gasteiger partial charge in [-0.1, -0.05) is 23.7 Å². The van der Waals surface area contributed by atoms with Gasteiger partial charge in [-0.3, -0.25) is 9.71 Å². The van der Waals surface area contributed by atoms with Gasteiger partial charge in [-0.15, -0.1) is 0 Å². The van der Waals surface area contributed by atoms with Gasteiger partial charge in [0.05, 0.1) is 23.1 Å². The number of hydrogen-bond donors (Lipinski definition) is 2. The third-order valence-corrected chi connectivity index (χ3v) is 7.77. The molecule has 1 aliphatic rings. The Morgan fingerprint density at radius 2 is 1.66 bits per heavy atom. The van der Waals surface area contributed by atoms with Crippen LogP contribution in [0, 0.1) is 0 Å². The molecule has 0 atom stereocenters. The molecule has 9 nitrogen and oxygen atoms in total. The number of hydrogen-bond acceptors (Lipinski definition) is 8. The van der Waals surface area contributed by atoms with Crippen LogP contribution in [0.3, 0.4) is 0 Å². The van der Waals surface area contributed by atoms with Crippen LogP contribution in [0.25, 0.3) is 12.2 Å². The molecular formula is C24H28ClN7O2S. The summed E-state index contributed by atoms with van der Waals surface area (Å²) in [6.45, 7) is 0. The summed E-state index contributed by atoms with van der Waals surface area (Å²) in [7, 11) is 0.412. The lowest BCUT2D eigenvalue weighted by Crippen LogP contribution is -2.36. The molecule has 0 unspecified atom stereocenters. The average Bonchev–Trinajstić information content (AvgIpc) is 2.85. The van der Waals surface area contributed by atoms with Crippen LogP contribution < -0.4 is 10.0 Å². The van der Waals surface area contributed by atoms with E-state index in [9.17, 15) is 8.42 Å². The first-order valence-electron chi connectivity index (χ1n) is 11.3. The summed E-state index contributed by atoms with van der Waals surface area (Å²) in [4.78, 5) is 19.5. The molecule has 1 aromatic carbocycles. The maximum Gasteiger partial charge on any atom is 0.264 e. The molecule has 1 saturated carbocycles. The number of rotatable bonds is 8. The predicted molar refractivity (Wildman–Crippen MR) is 139 cm³/mol. The molecule has 0 bridgehead atoms. The number of aromatic nitrogens is 4. The molecule has 0 spiro atoms. The molecule has 2 heterocycles. The van der Waals surface area contributed by atoms with Crippen molar-refractivity contribution >= 4 is 45.5 Å². The zero-order valence-corrected chi connectivity index (χ0v) is 21.2. The summed E-state index contributed by atoms with van der Waals surface area (Å²) in [5.74, 6) is 0.728. The molecule has 11 heteroatoms. The Morgan fingerprint density at radius 1 is 0.943 bits per heavy atom. The van der Waals surface area contributed by atoms with E-state index in [0.717, 1.165) is 18.4 Å². The number of nitrogens with one attached hydrogen (secondary N) is 2. The lowest BCUT2D eigenvalue weighted by molar-refractivity contribution is 0.221. The fourth-order valence-corrected chi connectivity index (χ4v) is 5.45. The minimum Gasteiger partial charge on any atom is -0.351 e. The third kappa shape index (κ3) is 6.74. The van der Waals surface area contributed by atoms with E-state index >= 15 is 0 Å². The van der Waals surface area contributed by atoms with Crippen molar-refractivity contribution in [3.63, 3.8) is 0 Å². The van der Waals surface area contributed by atoms with Crippen molar-refractivity contribution in [2.75, 3.05) is 24.1 Å². The molecule has 0 radical (unpaired) electrons. The zero-order valence-electron chi connectivity index (χ0n) is 19.6. The largest absolute Gasteiger partial charge is 0.351 e. The molecule has 184 valence electrons. The SMILES string of the molecule is CN(C)[C@H]1CC[C@H](Nc2ncc(/C=C/c3cnc(NS(=O)(=O)c4ccccc4Cl)cn3)cn2)CC1. The van der Waals surface area contributed by atoms with Crippen LogP contribution in [0.2, 0.25) is 5.02 Å². The van der Waals surface area contributed by atoms with Crippen LogP contribution in [0.5, 0.6) is 0 Å². The summed E-state index contributed by atoms with van der Waals surface area (Å²) >= 11 is 5.99. The first kappa shape index (κ1) is 25.0. The Hall–Kier alpha value is -3.08. The summed E-state index contributed by atoms with van der Waals surface area (Å²) < 4.78 is 27.4. The average molecular weight is 514 g/mol. The van der Waals surface area contributed by atoms with E-state index in [4.69, 9.17) is 11.6 Å². The van der Waals surface area contributed by atoms with Crippen LogP contribution in [-0.4, -0.2) is 59.4 Å². The molecule has 4 rings (SSSR count). The summed E-state index contributed by atoms with van der Waals surface area (Å²) in [6, 6.07) is 7.25. The van der Waals surface area contributed by atoms with E-state index in [1.54, 1.807) is 30.6 Å². The van der Waals surface area contributed by atoms with Gasteiger partial charge in [-0.2, -0.15) is 0 Å². The number of nitrogens with zero attached hydrogens (tertiary/aromatic N) is 5. The Bertz CT molecular complexity index is 1260. The highest BCUT2D eigenvalue weighted by Gasteiger charge is 2.22. The normalized spacial score (nSPS) is 18.6. The van der Waals surface area contributed by atoms with Gasteiger partial charge in [0.25, 0.3) is 10.0 Å². The van der Waals surface area contributed by atoms with Gasteiger partial charge in [0.1, 0.15) is 4.90 Å². The highest BCUT2D eigenvalue weighted by molar-refractivity contribution is 7.92. The number of halogens is 1. The topological polar surface area (TPSA) is 113 Å². The van der Waals surface area contributed by atoms with E-state index < -0.39 is 10.0 Å². The number of anilines is 2. The van der Waals surface area contributed by atoms with E-state index in [0.29, 0.717) is 23.7 Å². The Kier molecular flexibility index (Phi) is 7.94. The molecule has 0 saturated heterocycles. The lowest BCUT2D eigenvalue weighted by atomic mass is 9.91. The second kappa shape index (κ2) is 11.1. The van der Waals surface area contributed by atoms with Gasteiger partial charge in [-0.25, -0.2) is 23.4 Å². The first-order chi connectivity index (χ1) is 16.8. The van der Waals surface area contributed by atoms with Crippen LogP contribution in [0.4, 0.5) is 11.8 Å². The molecule has 2 aromatic heterocycles. The third-order valence-electron chi connectivity index (χ3n) is 5.92. The van der Waals surface area contributed by atoms with E-state index in [2.05, 4.69) is 49.0 Å². The highest BCUT2D eigenvalue weighted by atomic mass is 35.5. The minimum atomic E-state index is -3.86. The Morgan fingerprint density at radius 3 is 2.29 bits per heavy atom. The second-order valence-electron chi connectivity index (χ2n) is 8.65. The van der Waals surface area contributed by atoms with Crippen molar-refractivity contribution < 1.29 is 8.42 Å². The summed E-state index contributed by atoms with van der Waals surface area (Å²) in [5.41, 5.74) is 1.38. The molecule has 3 aromatic rings. The standard InChI is InChI=1S/C24H28ClN7O2S/c1-32(2)20-11-9-18(10-12-20)30-24-28-13-17(14-29-24)7-8-19-15-27-23(16-26-19)31-35(33,34)22-6-4-3-5-21(22)25/h3-8,13-16,18,20H,9-12H2,1-2H3,(H,27,31)(H,28,29,30)/b8-7+/t18-,20-. The summed E-state index contributed by atoms with van der Waals surface area (Å²) in [6.07, 6.45) is 14.5. The zero-order chi connectivity index (χ0) is 24.8. The van der Waals surface area contributed by atoms with Crippen LogP contribution >= 0.6 is 11.6 Å². The van der Waals surface area contributed by atoms with Crippen LogP contribution in [0.15, 0.2) is 53.9 Å². The minimum absolute atomic E-state index is 0.0216. The van der Waals surface area contributed by atoms with Crippen molar-refractivity contribution in [2.45, 2.75) is 42.7 Å². The van der Waals surface area contributed by atoms with E-state index in [1.165, 1.54) is 37.4 Å². The number of benzene rings is 1.